The highest BCUT2D eigenvalue weighted by Gasteiger charge is 2.17. The molecule has 0 unspecified atom stereocenters. The monoisotopic (exact) mass is 358 g/mol. The highest BCUT2D eigenvalue weighted by molar-refractivity contribution is 7.11. The molecule has 6 nitrogen and oxygen atoms in total. The third-order valence-electron chi connectivity index (χ3n) is 3.76. The number of ether oxygens (including phenoxy) is 1. The maximum absolute atomic E-state index is 12.1. The van der Waals surface area contributed by atoms with Crippen LogP contribution in [0.5, 0.6) is 0 Å². The van der Waals surface area contributed by atoms with Crippen molar-refractivity contribution < 1.29 is 13.9 Å². The number of fused-ring (bicyclic) bond motifs is 1. The normalized spacial score (nSPS) is 11.9. The van der Waals surface area contributed by atoms with Crippen molar-refractivity contribution in [3.63, 3.8) is 0 Å². The van der Waals surface area contributed by atoms with Gasteiger partial charge in [-0.05, 0) is 45.0 Å². The molecule has 0 N–H and O–H groups in total. The lowest BCUT2D eigenvalue weighted by Crippen LogP contribution is -2.14. The van der Waals surface area contributed by atoms with Crippen LogP contribution in [0.1, 0.15) is 29.2 Å². The standard InChI is InChI=1S/C18H18N2O4S/c1-4-20-11(3)16(17(22)23-5-2)25-18(20)19-13-7-8-14-12(10-13)6-9-15(21)24-14/h6-10H,4-5H2,1-3H3. The number of aromatic nitrogens is 1. The maximum Gasteiger partial charge on any atom is 0.350 e. The molecule has 3 rings (SSSR count). The molecule has 3 aromatic rings. The zero-order valence-corrected chi connectivity index (χ0v) is 15.1. The van der Waals surface area contributed by atoms with E-state index in [2.05, 4.69) is 4.99 Å². The lowest BCUT2D eigenvalue weighted by Gasteiger charge is -2.03. The first kappa shape index (κ1) is 17.2. The summed E-state index contributed by atoms with van der Waals surface area (Å²) >= 11 is 1.31. The van der Waals surface area contributed by atoms with Crippen LogP contribution in [-0.4, -0.2) is 17.1 Å². The van der Waals surface area contributed by atoms with Gasteiger partial charge < -0.3 is 13.7 Å². The molecular formula is C18H18N2O4S. The number of nitrogens with zero attached hydrogens (tertiary/aromatic N) is 2. The Labute approximate surface area is 148 Å². The molecule has 7 heteroatoms. The van der Waals surface area contributed by atoms with Crippen LogP contribution in [0.15, 0.2) is 44.5 Å². The van der Waals surface area contributed by atoms with Crippen LogP contribution >= 0.6 is 11.3 Å². The highest BCUT2D eigenvalue weighted by Crippen LogP contribution is 2.21. The van der Waals surface area contributed by atoms with Crippen molar-refractivity contribution in [3.05, 3.63) is 56.1 Å². The topological polar surface area (TPSA) is 73.8 Å². The van der Waals surface area contributed by atoms with Gasteiger partial charge in [-0.25, -0.2) is 14.6 Å². The fourth-order valence-electron chi connectivity index (χ4n) is 2.57. The van der Waals surface area contributed by atoms with E-state index < -0.39 is 0 Å². The molecule has 0 bridgehead atoms. The molecule has 0 aliphatic rings. The zero-order chi connectivity index (χ0) is 18.0. The quantitative estimate of drug-likeness (QED) is 0.529. The molecule has 0 radical (unpaired) electrons. The fourth-order valence-corrected chi connectivity index (χ4v) is 3.68. The number of benzene rings is 1. The van der Waals surface area contributed by atoms with Crippen LogP contribution in [-0.2, 0) is 11.3 Å². The van der Waals surface area contributed by atoms with Gasteiger partial charge in [0.1, 0.15) is 10.5 Å². The largest absolute Gasteiger partial charge is 0.462 e. The van der Waals surface area contributed by atoms with Crippen molar-refractivity contribution in [1.29, 1.82) is 0 Å². The van der Waals surface area contributed by atoms with E-state index in [-0.39, 0.29) is 11.6 Å². The van der Waals surface area contributed by atoms with Gasteiger partial charge in [-0.2, -0.15) is 0 Å². The third kappa shape index (κ3) is 3.41. The number of carbonyl (C=O) groups excluding carboxylic acids is 1. The van der Waals surface area contributed by atoms with Crippen molar-refractivity contribution in [1.82, 2.24) is 4.57 Å². The van der Waals surface area contributed by atoms with Gasteiger partial charge >= 0.3 is 11.6 Å². The predicted molar refractivity (Wildman–Crippen MR) is 96.4 cm³/mol. The molecule has 1 aromatic carbocycles. The van der Waals surface area contributed by atoms with E-state index in [1.54, 1.807) is 25.1 Å². The van der Waals surface area contributed by atoms with E-state index in [1.807, 2.05) is 24.5 Å². The van der Waals surface area contributed by atoms with E-state index in [0.29, 0.717) is 23.6 Å². The number of hydrogen-bond acceptors (Lipinski definition) is 6. The molecule has 2 aromatic heterocycles. The molecule has 0 saturated carbocycles. The Morgan fingerprint density at radius 3 is 2.80 bits per heavy atom. The van der Waals surface area contributed by atoms with Gasteiger partial charge in [0.2, 0.25) is 0 Å². The summed E-state index contributed by atoms with van der Waals surface area (Å²) in [4.78, 5) is 29.3. The maximum atomic E-state index is 12.1. The van der Waals surface area contributed by atoms with E-state index in [4.69, 9.17) is 9.15 Å². The van der Waals surface area contributed by atoms with Crippen molar-refractivity contribution in [2.75, 3.05) is 6.61 Å². The third-order valence-corrected chi connectivity index (χ3v) is 4.92. The number of esters is 1. The zero-order valence-electron chi connectivity index (χ0n) is 14.2. The second-order valence-corrected chi connectivity index (χ2v) is 6.33. The molecular weight excluding hydrogens is 340 g/mol. The van der Waals surface area contributed by atoms with E-state index in [1.165, 1.54) is 17.4 Å². The Morgan fingerprint density at radius 1 is 1.28 bits per heavy atom. The van der Waals surface area contributed by atoms with Gasteiger partial charge in [0.25, 0.3) is 0 Å². The predicted octanol–water partition coefficient (Wildman–Crippen LogP) is 3.39. The van der Waals surface area contributed by atoms with Crippen LogP contribution in [0.3, 0.4) is 0 Å². The molecule has 0 fully saturated rings. The van der Waals surface area contributed by atoms with Crippen molar-refractivity contribution in [2.45, 2.75) is 27.3 Å². The molecule has 0 saturated heterocycles. The van der Waals surface area contributed by atoms with Gasteiger partial charge in [-0.15, -0.1) is 0 Å². The Bertz CT molecular complexity index is 1060. The number of carbonyl (C=O) groups is 1. The summed E-state index contributed by atoms with van der Waals surface area (Å²) in [5.41, 5.74) is 1.70. The summed E-state index contributed by atoms with van der Waals surface area (Å²) in [6.45, 7) is 6.71. The fraction of sp³-hybridized carbons (Fsp3) is 0.278. The van der Waals surface area contributed by atoms with Gasteiger partial charge in [0.15, 0.2) is 4.80 Å². The van der Waals surface area contributed by atoms with E-state index >= 15 is 0 Å². The lowest BCUT2D eigenvalue weighted by atomic mass is 10.2. The van der Waals surface area contributed by atoms with Crippen LogP contribution in [0.4, 0.5) is 5.69 Å². The van der Waals surface area contributed by atoms with Crippen LogP contribution < -0.4 is 10.4 Å². The molecule has 0 amide bonds. The number of rotatable bonds is 4. The smallest absolute Gasteiger partial charge is 0.350 e. The Hall–Kier alpha value is -2.67. The molecule has 0 atom stereocenters. The molecule has 130 valence electrons. The minimum absolute atomic E-state index is 0.325. The summed E-state index contributed by atoms with van der Waals surface area (Å²) in [6, 6.07) is 8.44. The summed E-state index contributed by atoms with van der Waals surface area (Å²) in [6.07, 6.45) is 0. The Kier molecular flexibility index (Phi) is 4.85. The van der Waals surface area contributed by atoms with Gasteiger partial charge in [-0.3, -0.25) is 0 Å². The summed E-state index contributed by atoms with van der Waals surface area (Å²) in [5.74, 6) is -0.325. The summed E-state index contributed by atoms with van der Waals surface area (Å²) in [5, 5.41) is 0.794. The number of hydrogen-bond donors (Lipinski definition) is 0. The first-order valence-electron chi connectivity index (χ1n) is 7.99. The lowest BCUT2D eigenvalue weighted by molar-refractivity contribution is 0.0530. The molecule has 0 aliphatic heterocycles. The van der Waals surface area contributed by atoms with E-state index in [9.17, 15) is 9.59 Å². The van der Waals surface area contributed by atoms with Gasteiger partial charge in [0.05, 0.1) is 12.3 Å². The highest BCUT2D eigenvalue weighted by atomic mass is 32.1. The first-order valence-corrected chi connectivity index (χ1v) is 8.81. The van der Waals surface area contributed by atoms with Crippen LogP contribution in [0.25, 0.3) is 11.0 Å². The van der Waals surface area contributed by atoms with Gasteiger partial charge in [-0.1, -0.05) is 11.3 Å². The second-order valence-electron chi connectivity index (χ2n) is 5.35. The Balaban J connectivity index is 2.11. The van der Waals surface area contributed by atoms with Crippen LogP contribution in [0, 0.1) is 6.92 Å². The first-order chi connectivity index (χ1) is 12.0. The molecule has 0 aliphatic carbocycles. The van der Waals surface area contributed by atoms with Crippen molar-refractivity contribution in [3.8, 4) is 0 Å². The average Bonchev–Trinajstić information content (AvgIpc) is 2.90. The van der Waals surface area contributed by atoms with E-state index in [0.717, 1.165) is 21.6 Å². The summed E-state index contributed by atoms with van der Waals surface area (Å²) in [7, 11) is 0. The molecule has 2 heterocycles. The average molecular weight is 358 g/mol. The SMILES string of the molecule is CCOC(=O)c1sc(=Nc2ccc3oc(=O)ccc3c2)n(CC)c1C. The second kappa shape index (κ2) is 7.06. The summed E-state index contributed by atoms with van der Waals surface area (Å²) < 4.78 is 12.2. The van der Waals surface area contributed by atoms with Crippen molar-refractivity contribution >= 4 is 34.0 Å². The number of thiazole rings is 1. The minimum Gasteiger partial charge on any atom is -0.462 e. The minimum atomic E-state index is -0.381. The Morgan fingerprint density at radius 2 is 2.08 bits per heavy atom. The van der Waals surface area contributed by atoms with Gasteiger partial charge in [0, 0.05) is 23.7 Å². The van der Waals surface area contributed by atoms with Crippen LogP contribution in [0.2, 0.25) is 0 Å². The molecule has 25 heavy (non-hydrogen) atoms. The molecule has 0 spiro atoms. The van der Waals surface area contributed by atoms with Crippen molar-refractivity contribution in [2.24, 2.45) is 4.99 Å².